The average Bonchev–Trinajstić information content (AvgIpc) is 3.29. The van der Waals surface area contributed by atoms with E-state index in [1.54, 1.807) is 30.7 Å². The predicted octanol–water partition coefficient (Wildman–Crippen LogP) is 3.27. The van der Waals surface area contributed by atoms with Gasteiger partial charge in [-0.25, -0.2) is 9.97 Å². The van der Waals surface area contributed by atoms with Gasteiger partial charge in [-0.05, 0) is 62.3 Å². The van der Waals surface area contributed by atoms with E-state index in [-0.39, 0.29) is 23.9 Å². The number of benzene rings is 1. The number of anilines is 2. The molecular weight excluding hydrogens is 416 g/mol. The number of likely N-dealkylation sites (tertiary alicyclic amines) is 1. The summed E-state index contributed by atoms with van der Waals surface area (Å²) in [6.07, 6.45) is 7.29. The first kappa shape index (κ1) is 22.5. The number of nitrogens with one attached hydrogen (secondary N) is 1. The SMILES string of the molecule is Cl.Nc1ncc(-c2ccc(OCCN3CCCC3)cc2)nc1C(=O)Nc1cccnc1. The van der Waals surface area contributed by atoms with Crippen molar-refractivity contribution in [2.45, 2.75) is 12.8 Å². The number of nitrogen functional groups attached to an aromatic ring is 1. The molecule has 2 aromatic heterocycles. The maximum Gasteiger partial charge on any atom is 0.278 e. The quantitative estimate of drug-likeness (QED) is 0.580. The fraction of sp³-hybridized carbons (Fsp3) is 0.273. The molecule has 31 heavy (non-hydrogen) atoms. The van der Waals surface area contributed by atoms with Crippen molar-refractivity contribution in [2.24, 2.45) is 0 Å². The Balaban J connectivity index is 0.00000272. The number of nitrogens with two attached hydrogens (primary N) is 1. The molecule has 1 amide bonds. The van der Waals surface area contributed by atoms with Crippen molar-refractivity contribution in [3.8, 4) is 17.0 Å². The molecule has 3 heterocycles. The van der Waals surface area contributed by atoms with Crippen LogP contribution >= 0.6 is 12.4 Å². The maximum atomic E-state index is 12.6. The number of carbonyl (C=O) groups is 1. The molecular formula is C22H25ClN6O2. The maximum absolute atomic E-state index is 12.6. The number of hydrogen-bond acceptors (Lipinski definition) is 7. The van der Waals surface area contributed by atoms with E-state index in [0.717, 1.165) is 30.9 Å². The molecule has 0 spiro atoms. The highest BCUT2D eigenvalue weighted by atomic mass is 35.5. The van der Waals surface area contributed by atoms with Gasteiger partial charge < -0.3 is 15.8 Å². The van der Waals surface area contributed by atoms with Gasteiger partial charge in [0, 0.05) is 18.3 Å². The Morgan fingerprint density at radius 3 is 2.61 bits per heavy atom. The van der Waals surface area contributed by atoms with Crippen LogP contribution in [0, 0.1) is 0 Å². The molecule has 0 saturated carbocycles. The van der Waals surface area contributed by atoms with Crippen molar-refractivity contribution < 1.29 is 9.53 Å². The number of carbonyl (C=O) groups excluding carboxylic acids is 1. The first-order valence-electron chi connectivity index (χ1n) is 9.98. The highest BCUT2D eigenvalue weighted by Gasteiger charge is 2.15. The molecule has 1 aliphatic heterocycles. The summed E-state index contributed by atoms with van der Waals surface area (Å²) in [5.74, 6) is 0.439. The van der Waals surface area contributed by atoms with Crippen LogP contribution in [0.1, 0.15) is 23.3 Å². The Morgan fingerprint density at radius 2 is 1.90 bits per heavy atom. The minimum absolute atomic E-state index is 0. The molecule has 0 atom stereocenters. The lowest BCUT2D eigenvalue weighted by Gasteiger charge is -2.15. The number of pyridine rings is 1. The van der Waals surface area contributed by atoms with Gasteiger partial charge in [-0.15, -0.1) is 12.4 Å². The van der Waals surface area contributed by atoms with Gasteiger partial charge in [0.05, 0.1) is 23.8 Å². The van der Waals surface area contributed by atoms with Crippen molar-refractivity contribution in [2.75, 3.05) is 37.3 Å². The van der Waals surface area contributed by atoms with Gasteiger partial charge in [0.15, 0.2) is 11.5 Å². The Hall–Kier alpha value is -3.23. The van der Waals surface area contributed by atoms with Crippen molar-refractivity contribution in [3.63, 3.8) is 0 Å². The van der Waals surface area contributed by atoms with Crippen LogP contribution in [0.2, 0.25) is 0 Å². The molecule has 1 aliphatic rings. The zero-order valence-corrected chi connectivity index (χ0v) is 17.8. The summed E-state index contributed by atoms with van der Waals surface area (Å²) in [5, 5.41) is 2.73. The minimum atomic E-state index is -0.434. The molecule has 0 bridgehead atoms. The van der Waals surface area contributed by atoms with Crippen molar-refractivity contribution in [1.29, 1.82) is 0 Å². The van der Waals surface area contributed by atoms with Crippen molar-refractivity contribution >= 4 is 29.8 Å². The third-order valence-corrected chi connectivity index (χ3v) is 4.96. The van der Waals surface area contributed by atoms with Crippen LogP contribution < -0.4 is 15.8 Å². The molecule has 3 N–H and O–H groups in total. The number of rotatable bonds is 7. The molecule has 0 radical (unpaired) electrons. The molecule has 9 heteroatoms. The Morgan fingerprint density at radius 1 is 1.13 bits per heavy atom. The summed E-state index contributed by atoms with van der Waals surface area (Å²) in [7, 11) is 0. The van der Waals surface area contributed by atoms with Crippen LogP contribution in [-0.4, -0.2) is 52.0 Å². The molecule has 1 fully saturated rings. The first-order valence-corrected chi connectivity index (χ1v) is 9.98. The lowest BCUT2D eigenvalue weighted by atomic mass is 10.1. The number of ether oxygens (including phenoxy) is 1. The molecule has 4 rings (SSSR count). The average molecular weight is 441 g/mol. The first-order chi connectivity index (χ1) is 14.7. The molecule has 162 valence electrons. The van der Waals surface area contributed by atoms with Crippen LogP contribution in [0.5, 0.6) is 5.75 Å². The summed E-state index contributed by atoms with van der Waals surface area (Å²) in [5.41, 5.74) is 7.89. The van der Waals surface area contributed by atoms with Gasteiger partial charge in [0.25, 0.3) is 5.91 Å². The normalized spacial score (nSPS) is 13.4. The van der Waals surface area contributed by atoms with Crippen LogP contribution in [0.3, 0.4) is 0 Å². The van der Waals surface area contributed by atoms with Crippen LogP contribution in [0.15, 0.2) is 55.0 Å². The van der Waals surface area contributed by atoms with E-state index in [1.807, 2.05) is 24.3 Å². The topological polar surface area (TPSA) is 106 Å². The Kier molecular flexibility index (Phi) is 7.75. The number of nitrogens with zero attached hydrogens (tertiary/aromatic N) is 4. The summed E-state index contributed by atoms with van der Waals surface area (Å²) >= 11 is 0. The van der Waals surface area contributed by atoms with E-state index in [2.05, 4.69) is 25.2 Å². The minimum Gasteiger partial charge on any atom is -0.492 e. The van der Waals surface area contributed by atoms with E-state index in [0.29, 0.717) is 18.0 Å². The third kappa shape index (κ3) is 5.90. The molecule has 1 aromatic carbocycles. The Bertz CT molecular complexity index is 995. The number of hydrogen-bond donors (Lipinski definition) is 2. The zero-order chi connectivity index (χ0) is 20.8. The van der Waals surface area contributed by atoms with Gasteiger partial charge in [-0.2, -0.15) is 0 Å². The largest absolute Gasteiger partial charge is 0.492 e. The summed E-state index contributed by atoms with van der Waals surface area (Å²) in [4.78, 5) is 27.5. The van der Waals surface area contributed by atoms with E-state index >= 15 is 0 Å². The van der Waals surface area contributed by atoms with Gasteiger partial charge >= 0.3 is 0 Å². The summed E-state index contributed by atoms with van der Waals surface area (Å²) < 4.78 is 5.84. The third-order valence-electron chi connectivity index (χ3n) is 4.96. The summed E-state index contributed by atoms with van der Waals surface area (Å²) in [6, 6.07) is 11.1. The van der Waals surface area contributed by atoms with Gasteiger partial charge in [-0.3, -0.25) is 14.7 Å². The number of amides is 1. The molecule has 1 saturated heterocycles. The molecule has 0 unspecified atom stereocenters. The van der Waals surface area contributed by atoms with E-state index < -0.39 is 5.91 Å². The van der Waals surface area contributed by atoms with E-state index in [1.165, 1.54) is 12.8 Å². The van der Waals surface area contributed by atoms with Gasteiger partial charge in [0.1, 0.15) is 12.4 Å². The van der Waals surface area contributed by atoms with Crippen LogP contribution in [0.25, 0.3) is 11.3 Å². The highest BCUT2D eigenvalue weighted by molar-refractivity contribution is 6.05. The van der Waals surface area contributed by atoms with E-state index in [9.17, 15) is 4.79 Å². The molecule has 0 aliphatic carbocycles. The predicted molar refractivity (Wildman–Crippen MR) is 122 cm³/mol. The van der Waals surface area contributed by atoms with Crippen LogP contribution in [-0.2, 0) is 0 Å². The van der Waals surface area contributed by atoms with Crippen molar-refractivity contribution in [3.05, 3.63) is 60.7 Å². The smallest absolute Gasteiger partial charge is 0.278 e. The number of aromatic nitrogens is 3. The second kappa shape index (κ2) is 10.7. The fourth-order valence-electron chi connectivity index (χ4n) is 3.35. The fourth-order valence-corrected chi connectivity index (χ4v) is 3.35. The lowest BCUT2D eigenvalue weighted by molar-refractivity contribution is 0.102. The standard InChI is InChI=1S/C22H24N6O2.ClH/c23-21-20(22(29)26-17-4-3-9-24-14-17)27-19(15-25-21)16-5-7-18(8-6-16)30-13-12-28-10-1-2-11-28;/h3-9,14-15H,1-2,10-13H2,(H2,23,25)(H,26,29);1H. The monoisotopic (exact) mass is 440 g/mol. The second-order valence-electron chi connectivity index (χ2n) is 7.11. The molecule has 8 nitrogen and oxygen atoms in total. The second-order valence-corrected chi connectivity index (χ2v) is 7.11. The van der Waals surface area contributed by atoms with Crippen molar-refractivity contribution in [1.82, 2.24) is 19.9 Å². The highest BCUT2D eigenvalue weighted by Crippen LogP contribution is 2.22. The Labute approximate surface area is 187 Å². The van der Waals surface area contributed by atoms with Gasteiger partial charge in [0.2, 0.25) is 0 Å². The number of halogens is 1. The summed E-state index contributed by atoms with van der Waals surface area (Å²) in [6.45, 7) is 3.93. The van der Waals surface area contributed by atoms with Gasteiger partial charge in [-0.1, -0.05) is 0 Å². The van der Waals surface area contributed by atoms with Crippen LogP contribution in [0.4, 0.5) is 11.5 Å². The lowest BCUT2D eigenvalue weighted by Crippen LogP contribution is -2.25. The molecule has 3 aromatic rings. The zero-order valence-electron chi connectivity index (χ0n) is 17.0. The van der Waals surface area contributed by atoms with E-state index in [4.69, 9.17) is 10.5 Å².